The highest BCUT2D eigenvalue weighted by molar-refractivity contribution is 7.24. The van der Waals surface area contributed by atoms with E-state index in [0.717, 1.165) is 9.40 Å². The standard InChI is InChI=1S/C14H7NOS/c15-8-9-4-3-7-12-13(9)14(16)10-5-1-2-6-11(10)17-12/h1-7H. The molecule has 17 heavy (non-hydrogen) atoms. The van der Waals surface area contributed by atoms with E-state index in [9.17, 15) is 4.79 Å². The topological polar surface area (TPSA) is 40.9 Å². The van der Waals surface area contributed by atoms with Crippen molar-refractivity contribution in [2.75, 3.05) is 0 Å². The number of hydrogen-bond donors (Lipinski definition) is 0. The van der Waals surface area contributed by atoms with E-state index in [-0.39, 0.29) is 5.43 Å². The summed E-state index contributed by atoms with van der Waals surface area (Å²) in [5.74, 6) is 0. The number of benzene rings is 2. The Morgan fingerprint density at radius 3 is 2.59 bits per heavy atom. The quantitative estimate of drug-likeness (QED) is 0.563. The molecule has 0 spiro atoms. The molecule has 3 rings (SSSR count). The first kappa shape index (κ1) is 10.0. The molecule has 0 fully saturated rings. The monoisotopic (exact) mass is 237 g/mol. The predicted octanol–water partition coefficient (Wildman–Crippen LogP) is 3.29. The molecule has 0 radical (unpaired) electrons. The summed E-state index contributed by atoms with van der Waals surface area (Å²) in [4.78, 5) is 12.3. The fourth-order valence-electron chi connectivity index (χ4n) is 1.94. The number of nitriles is 1. The molecular weight excluding hydrogens is 230 g/mol. The summed E-state index contributed by atoms with van der Waals surface area (Å²) < 4.78 is 1.83. The zero-order valence-corrected chi connectivity index (χ0v) is 9.62. The van der Waals surface area contributed by atoms with Crippen LogP contribution in [0.1, 0.15) is 5.56 Å². The largest absolute Gasteiger partial charge is 0.288 e. The van der Waals surface area contributed by atoms with E-state index in [2.05, 4.69) is 6.07 Å². The van der Waals surface area contributed by atoms with Crippen LogP contribution >= 0.6 is 11.3 Å². The lowest BCUT2D eigenvalue weighted by Gasteiger charge is -2.01. The summed E-state index contributed by atoms with van der Waals surface area (Å²) in [6.45, 7) is 0. The van der Waals surface area contributed by atoms with Crippen LogP contribution in [0, 0.1) is 11.3 Å². The summed E-state index contributed by atoms with van der Waals surface area (Å²) in [6.07, 6.45) is 0. The summed E-state index contributed by atoms with van der Waals surface area (Å²) in [5.41, 5.74) is 0.404. The van der Waals surface area contributed by atoms with Crippen LogP contribution in [0.15, 0.2) is 47.3 Å². The Kier molecular flexibility index (Phi) is 2.17. The molecule has 0 N–H and O–H groups in total. The number of fused-ring (bicyclic) bond motifs is 2. The fourth-order valence-corrected chi connectivity index (χ4v) is 3.05. The number of hydrogen-bond acceptors (Lipinski definition) is 3. The van der Waals surface area contributed by atoms with Crippen molar-refractivity contribution in [3.8, 4) is 6.07 Å². The molecule has 2 nitrogen and oxygen atoms in total. The van der Waals surface area contributed by atoms with E-state index in [0.29, 0.717) is 16.3 Å². The summed E-state index contributed by atoms with van der Waals surface area (Å²) in [6, 6.07) is 15.0. The number of nitrogens with zero attached hydrogens (tertiary/aromatic N) is 1. The summed E-state index contributed by atoms with van der Waals surface area (Å²) in [5, 5.41) is 10.3. The smallest absolute Gasteiger partial charge is 0.197 e. The molecule has 0 saturated heterocycles. The minimum Gasteiger partial charge on any atom is -0.288 e. The molecule has 1 heterocycles. The van der Waals surface area contributed by atoms with Crippen molar-refractivity contribution in [3.05, 3.63) is 58.3 Å². The van der Waals surface area contributed by atoms with Crippen molar-refractivity contribution in [1.82, 2.24) is 0 Å². The summed E-state index contributed by atoms with van der Waals surface area (Å²) in [7, 11) is 0. The lowest BCUT2D eigenvalue weighted by Crippen LogP contribution is -2.02. The SMILES string of the molecule is N#Cc1cccc2sc3ccccc3c(=O)c12. The van der Waals surface area contributed by atoms with Crippen LogP contribution < -0.4 is 5.43 Å². The zero-order chi connectivity index (χ0) is 11.8. The van der Waals surface area contributed by atoms with Crippen LogP contribution in [-0.2, 0) is 0 Å². The average Bonchev–Trinajstić information content (AvgIpc) is 2.38. The highest BCUT2D eigenvalue weighted by Gasteiger charge is 2.08. The first-order valence-electron chi connectivity index (χ1n) is 5.16. The minimum absolute atomic E-state index is 0.0495. The van der Waals surface area contributed by atoms with E-state index in [1.807, 2.05) is 36.4 Å². The van der Waals surface area contributed by atoms with E-state index in [1.165, 1.54) is 0 Å². The molecule has 0 saturated carbocycles. The Morgan fingerprint density at radius 2 is 1.76 bits per heavy atom. The normalized spacial score (nSPS) is 10.5. The molecule has 0 aliphatic carbocycles. The van der Waals surface area contributed by atoms with Gasteiger partial charge in [-0.1, -0.05) is 18.2 Å². The maximum atomic E-state index is 12.3. The molecule has 0 atom stereocenters. The molecule has 0 aliphatic rings. The van der Waals surface area contributed by atoms with Gasteiger partial charge in [-0.2, -0.15) is 5.26 Å². The molecule has 0 bridgehead atoms. The average molecular weight is 237 g/mol. The fraction of sp³-hybridized carbons (Fsp3) is 0. The van der Waals surface area contributed by atoms with E-state index < -0.39 is 0 Å². The van der Waals surface area contributed by atoms with Crippen LogP contribution in [0.4, 0.5) is 0 Å². The van der Waals surface area contributed by atoms with Crippen molar-refractivity contribution in [2.24, 2.45) is 0 Å². The molecular formula is C14H7NOS. The van der Waals surface area contributed by atoms with Gasteiger partial charge in [0, 0.05) is 14.8 Å². The minimum atomic E-state index is -0.0495. The molecule has 80 valence electrons. The van der Waals surface area contributed by atoms with Gasteiger partial charge >= 0.3 is 0 Å². The molecule has 0 amide bonds. The van der Waals surface area contributed by atoms with Crippen molar-refractivity contribution < 1.29 is 0 Å². The van der Waals surface area contributed by atoms with Gasteiger partial charge in [-0.15, -0.1) is 11.3 Å². The van der Waals surface area contributed by atoms with Crippen LogP contribution in [0.2, 0.25) is 0 Å². The van der Waals surface area contributed by atoms with E-state index in [4.69, 9.17) is 5.26 Å². The Labute approximate surface area is 101 Å². The van der Waals surface area contributed by atoms with E-state index in [1.54, 1.807) is 17.4 Å². The molecule has 3 aromatic rings. The number of rotatable bonds is 0. The first-order chi connectivity index (χ1) is 8.31. The third kappa shape index (κ3) is 1.42. The predicted molar refractivity (Wildman–Crippen MR) is 70.3 cm³/mol. The maximum absolute atomic E-state index is 12.3. The van der Waals surface area contributed by atoms with Gasteiger partial charge in [0.2, 0.25) is 0 Å². The Morgan fingerprint density at radius 1 is 1.00 bits per heavy atom. The van der Waals surface area contributed by atoms with Crippen molar-refractivity contribution in [1.29, 1.82) is 5.26 Å². The Balaban J connectivity index is 2.67. The third-order valence-corrected chi connectivity index (χ3v) is 3.86. The van der Waals surface area contributed by atoms with Gasteiger partial charge in [-0.05, 0) is 24.3 Å². The van der Waals surface area contributed by atoms with Gasteiger partial charge < -0.3 is 0 Å². The van der Waals surface area contributed by atoms with E-state index >= 15 is 0 Å². The second-order valence-electron chi connectivity index (χ2n) is 3.72. The van der Waals surface area contributed by atoms with Gasteiger partial charge in [-0.25, -0.2) is 0 Å². The van der Waals surface area contributed by atoms with Gasteiger partial charge in [0.15, 0.2) is 5.43 Å². The molecule has 3 heteroatoms. The second-order valence-corrected chi connectivity index (χ2v) is 4.80. The molecule has 2 aromatic carbocycles. The van der Waals surface area contributed by atoms with Crippen LogP contribution in [0.25, 0.3) is 20.2 Å². The van der Waals surface area contributed by atoms with Crippen LogP contribution in [-0.4, -0.2) is 0 Å². The van der Waals surface area contributed by atoms with Crippen molar-refractivity contribution >= 4 is 31.5 Å². The van der Waals surface area contributed by atoms with Gasteiger partial charge in [0.25, 0.3) is 0 Å². The Hall–Kier alpha value is -2.18. The molecule has 1 aromatic heterocycles. The second kappa shape index (κ2) is 3.69. The maximum Gasteiger partial charge on any atom is 0.197 e. The third-order valence-electron chi connectivity index (χ3n) is 2.73. The summed E-state index contributed by atoms with van der Waals surface area (Å²) >= 11 is 1.54. The van der Waals surface area contributed by atoms with Crippen molar-refractivity contribution in [2.45, 2.75) is 0 Å². The zero-order valence-electron chi connectivity index (χ0n) is 8.81. The first-order valence-corrected chi connectivity index (χ1v) is 5.97. The Bertz CT molecular complexity index is 827. The highest BCUT2D eigenvalue weighted by Crippen LogP contribution is 2.25. The van der Waals surface area contributed by atoms with Crippen LogP contribution in [0.3, 0.4) is 0 Å². The van der Waals surface area contributed by atoms with Gasteiger partial charge in [-0.3, -0.25) is 4.79 Å². The lowest BCUT2D eigenvalue weighted by atomic mass is 10.1. The highest BCUT2D eigenvalue weighted by atomic mass is 32.1. The van der Waals surface area contributed by atoms with Crippen molar-refractivity contribution in [3.63, 3.8) is 0 Å². The molecule has 0 unspecified atom stereocenters. The van der Waals surface area contributed by atoms with Gasteiger partial charge in [0.05, 0.1) is 17.0 Å². The molecule has 0 aliphatic heterocycles. The van der Waals surface area contributed by atoms with Crippen LogP contribution in [0.5, 0.6) is 0 Å². The van der Waals surface area contributed by atoms with Gasteiger partial charge in [0.1, 0.15) is 0 Å². The lowest BCUT2D eigenvalue weighted by molar-refractivity contribution is 1.50.